The van der Waals surface area contributed by atoms with Crippen molar-refractivity contribution in [2.24, 2.45) is 0 Å². The number of benzene rings is 4. The quantitative estimate of drug-likeness (QED) is 0.117. The molecule has 0 saturated carbocycles. The number of rotatable bonds is 17. The summed E-state index contributed by atoms with van der Waals surface area (Å²) in [4.78, 5) is 12.6. The molecule has 0 saturated heterocycles. The van der Waals surface area contributed by atoms with Crippen LogP contribution in [0.25, 0.3) is 11.4 Å². The minimum atomic E-state index is -4.84. The Balaban J connectivity index is 1.69. The third-order valence-electron chi connectivity index (χ3n) is 8.69. The van der Waals surface area contributed by atoms with Gasteiger partial charge in [0.2, 0.25) is 15.8 Å². The SMILES string of the molecule is COc1ccc(CN(Cc2ccc(OC)cc2)S(=O)(=O)c2c(S(=O)(=O)C(CO)CNC(=O)OC(C)(C)C)ccc(I)c2-c2nnn(Cc3ccc(OC)cc3)n2)cc1. The minimum Gasteiger partial charge on any atom is -0.497 e. The van der Waals surface area contributed by atoms with Crippen LogP contribution in [-0.4, -0.2) is 97.9 Å². The average molecular weight is 949 g/mol. The number of nitrogens with zero attached hydrogens (tertiary/aromatic N) is 5. The van der Waals surface area contributed by atoms with Crippen LogP contribution < -0.4 is 19.5 Å². The number of tetrazole rings is 1. The Bertz CT molecular complexity index is 2360. The van der Waals surface area contributed by atoms with Crippen LogP contribution in [0.4, 0.5) is 4.79 Å². The number of ether oxygens (including phenoxy) is 4. The van der Waals surface area contributed by atoms with Crippen molar-refractivity contribution in [2.45, 2.75) is 61.0 Å². The third-order valence-corrected chi connectivity index (χ3v) is 13.7. The zero-order valence-electron chi connectivity index (χ0n) is 32.7. The largest absolute Gasteiger partial charge is 0.497 e. The number of amides is 1. The maximum absolute atomic E-state index is 15.5. The van der Waals surface area contributed by atoms with E-state index in [0.717, 1.165) is 9.87 Å². The van der Waals surface area contributed by atoms with Crippen molar-refractivity contribution in [1.82, 2.24) is 29.8 Å². The average Bonchev–Trinajstić information content (AvgIpc) is 3.65. The summed E-state index contributed by atoms with van der Waals surface area (Å²) in [6.07, 6.45) is -0.917. The van der Waals surface area contributed by atoms with Gasteiger partial charge in [-0.25, -0.2) is 21.6 Å². The van der Waals surface area contributed by atoms with E-state index in [4.69, 9.17) is 18.9 Å². The summed E-state index contributed by atoms with van der Waals surface area (Å²) in [6, 6.07) is 23.3. The molecule has 19 heteroatoms. The molecule has 4 aromatic carbocycles. The molecule has 16 nitrogen and oxygen atoms in total. The molecule has 1 amide bonds. The molecule has 0 bridgehead atoms. The summed E-state index contributed by atoms with van der Waals surface area (Å²) in [7, 11) is -5.01. The number of hydrogen-bond acceptors (Lipinski definition) is 13. The standard InChI is InChI=1S/C39H45IN6O10S2/c1-39(2,3)56-38(48)41-21-32(25-47)57(49,50)34-20-19-33(40)35(37-42-44-46(43-37)24-28-11-17-31(55-6)18-12-28)36(34)58(51,52)45(22-26-7-13-29(53-4)14-8-26)23-27-9-15-30(54-5)16-10-27/h7-20,32,47H,21-25H2,1-6H3,(H,41,48). The number of carbonyl (C=O) groups excluding carboxylic acids is 1. The second-order valence-electron chi connectivity index (χ2n) is 13.9. The van der Waals surface area contributed by atoms with E-state index >= 15 is 8.42 Å². The fourth-order valence-electron chi connectivity index (χ4n) is 5.72. The predicted octanol–water partition coefficient (Wildman–Crippen LogP) is 5.07. The van der Waals surface area contributed by atoms with E-state index in [1.807, 2.05) is 34.7 Å². The van der Waals surface area contributed by atoms with Crippen LogP contribution in [0.3, 0.4) is 0 Å². The third kappa shape index (κ3) is 10.8. The van der Waals surface area contributed by atoms with Gasteiger partial charge in [0.15, 0.2) is 9.84 Å². The number of aromatic nitrogens is 4. The maximum atomic E-state index is 15.5. The first-order chi connectivity index (χ1) is 27.5. The first kappa shape index (κ1) is 44.3. The molecule has 1 heterocycles. The lowest BCUT2D eigenvalue weighted by Gasteiger charge is -2.27. The van der Waals surface area contributed by atoms with E-state index < -0.39 is 59.7 Å². The van der Waals surface area contributed by atoms with Gasteiger partial charge in [-0.15, -0.1) is 10.2 Å². The van der Waals surface area contributed by atoms with Gasteiger partial charge in [0, 0.05) is 23.2 Å². The van der Waals surface area contributed by atoms with Gasteiger partial charge in [0.05, 0.1) is 44.9 Å². The Morgan fingerprint density at radius 1 is 0.810 bits per heavy atom. The Labute approximate surface area is 351 Å². The molecule has 1 atom stereocenters. The summed E-state index contributed by atoms with van der Waals surface area (Å²) in [5.41, 5.74) is 0.936. The molecule has 2 N–H and O–H groups in total. The van der Waals surface area contributed by atoms with Gasteiger partial charge < -0.3 is 29.4 Å². The molecule has 0 fully saturated rings. The topological polar surface area (TPSA) is 201 Å². The van der Waals surface area contributed by atoms with Crippen molar-refractivity contribution in [2.75, 3.05) is 34.5 Å². The second kappa shape index (κ2) is 18.8. The van der Waals surface area contributed by atoms with Gasteiger partial charge in [-0.2, -0.15) is 9.10 Å². The number of carbonyl (C=O) groups is 1. The molecule has 0 aliphatic rings. The van der Waals surface area contributed by atoms with Crippen molar-refractivity contribution in [1.29, 1.82) is 0 Å². The minimum absolute atomic E-state index is 0.117. The van der Waals surface area contributed by atoms with E-state index in [1.54, 1.807) is 88.5 Å². The summed E-state index contributed by atoms with van der Waals surface area (Å²) >= 11 is 1.91. The number of alkyl carbamates (subject to hydrolysis) is 1. The van der Waals surface area contributed by atoms with Gasteiger partial charge >= 0.3 is 6.09 Å². The molecular weight excluding hydrogens is 903 g/mol. The van der Waals surface area contributed by atoms with Crippen LogP contribution in [0.15, 0.2) is 94.7 Å². The van der Waals surface area contributed by atoms with Gasteiger partial charge in [-0.1, -0.05) is 36.4 Å². The Kier molecular flexibility index (Phi) is 14.4. The number of methoxy groups -OCH3 is 3. The highest BCUT2D eigenvalue weighted by atomic mass is 127. The van der Waals surface area contributed by atoms with Gasteiger partial charge in [-0.3, -0.25) is 0 Å². The summed E-state index contributed by atoms with van der Waals surface area (Å²) in [5.74, 6) is 1.60. The van der Waals surface area contributed by atoms with Crippen LogP contribution in [-0.2, 0) is 44.2 Å². The molecule has 0 radical (unpaired) electrons. The molecule has 5 aromatic rings. The van der Waals surface area contributed by atoms with Gasteiger partial charge in [0.25, 0.3) is 0 Å². The Morgan fingerprint density at radius 2 is 1.31 bits per heavy atom. The first-order valence-electron chi connectivity index (χ1n) is 17.8. The number of sulfonamides is 1. The molecule has 0 aliphatic heterocycles. The second-order valence-corrected chi connectivity index (χ2v) is 19.2. The van der Waals surface area contributed by atoms with Crippen LogP contribution >= 0.6 is 22.6 Å². The van der Waals surface area contributed by atoms with Crippen molar-refractivity contribution in [3.8, 4) is 28.6 Å². The monoisotopic (exact) mass is 948 g/mol. The van der Waals surface area contributed by atoms with Crippen molar-refractivity contribution < 1.29 is 45.7 Å². The zero-order chi connectivity index (χ0) is 42.3. The fourth-order valence-corrected chi connectivity index (χ4v) is 10.4. The molecule has 1 aromatic heterocycles. The summed E-state index contributed by atoms with van der Waals surface area (Å²) in [6.45, 7) is 3.14. The number of hydrogen-bond donors (Lipinski definition) is 2. The highest BCUT2D eigenvalue weighted by Gasteiger charge is 2.40. The van der Waals surface area contributed by atoms with Crippen LogP contribution in [0.5, 0.6) is 17.2 Å². The summed E-state index contributed by atoms with van der Waals surface area (Å²) < 4.78 is 82.8. The first-order valence-corrected chi connectivity index (χ1v) is 21.9. The highest BCUT2D eigenvalue weighted by molar-refractivity contribution is 14.1. The Hall–Kier alpha value is -4.83. The number of halogens is 1. The van der Waals surface area contributed by atoms with Gasteiger partial charge in [0.1, 0.15) is 33.0 Å². The predicted molar refractivity (Wildman–Crippen MR) is 223 cm³/mol. The lowest BCUT2D eigenvalue weighted by molar-refractivity contribution is 0.0525. The van der Waals surface area contributed by atoms with Crippen LogP contribution in [0.1, 0.15) is 37.5 Å². The van der Waals surface area contributed by atoms with E-state index in [0.29, 0.717) is 31.9 Å². The molecule has 5 rings (SSSR count). The maximum Gasteiger partial charge on any atom is 0.407 e. The molecule has 310 valence electrons. The van der Waals surface area contributed by atoms with Crippen molar-refractivity contribution in [3.63, 3.8) is 0 Å². The number of nitrogens with one attached hydrogen (secondary N) is 1. The molecule has 1 unspecified atom stereocenters. The molecular formula is C39H45IN6O10S2. The van der Waals surface area contributed by atoms with Crippen LogP contribution in [0, 0.1) is 3.57 Å². The zero-order valence-corrected chi connectivity index (χ0v) is 36.5. The van der Waals surface area contributed by atoms with Gasteiger partial charge in [-0.05, 0) is 114 Å². The normalized spacial score (nSPS) is 12.6. The van der Waals surface area contributed by atoms with E-state index in [9.17, 15) is 18.3 Å². The van der Waals surface area contributed by atoms with Crippen molar-refractivity contribution in [3.05, 3.63) is 105 Å². The van der Waals surface area contributed by atoms with E-state index in [1.165, 1.54) is 31.1 Å². The van der Waals surface area contributed by atoms with E-state index in [2.05, 4.69) is 20.7 Å². The number of aliphatic hydroxyl groups is 1. The lowest BCUT2D eigenvalue weighted by Crippen LogP contribution is -2.42. The Morgan fingerprint density at radius 3 is 1.78 bits per heavy atom. The smallest absolute Gasteiger partial charge is 0.407 e. The molecule has 0 spiro atoms. The highest BCUT2D eigenvalue weighted by Crippen LogP contribution is 2.39. The summed E-state index contributed by atoms with van der Waals surface area (Å²) in [5, 5.41) is 24.1. The van der Waals surface area contributed by atoms with E-state index in [-0.39, 0.29) is 31.0 Å². The van der Waals surface area contributed by atoms with Crippen LogP contribution in [0.2, 0.25) is 0 Å². The number of sulfone groups is 1. The van der Waals surface area contributed by atoms with Crippen molar-refractivity contribution >= 4 is 48.5 Å². The fraction of sp³-hybridized carbons (Fsp3) is 0.333. The molecule has 0 aliphatic carbocycles. The lowest BCUT2D eigenvalue weighted by atomic mass is 10.2. The number of aliphatic hydroxyl groups excluding tert-OH is 1. The molecule has 58 heavy (non-hydrogen) atoms.